The summed E-state index contributed by atoms with van der Waals surface area (Å²) >= 11 is 0. The maximum atomic E-state index is 13.2. The molecule has 3 saturated heterocycles. The number of hydrogen-bond donors (Lipinski definition) is 0. The fourth-order valence-electron chi connectivity index (χ4n) is 5.41. The molecule has 3 aliphatic rings. The Morgan fingerprint density at radius 1 is 1.03 bits per heavy atom. The molecule has 0 N–H and O–H groups in total. The zero-order valence-electron chi connectivity index (χ0n) is 17.1. The molecule has 1 aromatic carbocycles. The smallest absolute Gasteiger partial charge is 0.253 e. The van der Waals surface area contributed by atoms with Gasteiger partial charge < -0.3 is 19.1 Å². The topological polar surface area (TPSA) is 37.7 Å². The summed E-state index contributed by atoms with van der Waals surface area (Å²) < 4.78 is 8.42. The molecule has 0 aliphatic carbocycles. The van der Waals surface area contributed by atoms with E-state index in [2.05, 4.69) is 9.47 Å². The van der Waals surface area contributed by atoms with Gasteiger partial charge in [0, 0.05) is 43.3 Å². The molecule has 4 heterocycles. The number of aromatic nitrogens is 1. The van der Waals surface area contributed by atoms with Crippen LogP contribution in [0.2, 0.25) is 0 Å². The van der Waals surface area contributed by atoms with Crippen molar-refractivity contribution in [1.82, 2.24) is 14.4 Å². The molecule has 0 radical (unpaired) electrons. The van der Waals surface area contributed by atoms with E-state index < -0.39 is 0 Å². The van der Waals surface area contributed by atoms with Crippen LogP contribution < -0.4 is 0 Å². The Balaban J connectivity index is 1.23. The summed E-state index contributed by atoms with van der Waals surface area (Å²) in [6.45, 7) is 6.07. The average molecular weight is 394 g/mol. The second kappa shape index (κ2) is 7.96. The largest absolute Gasteiger partial charge is 0.373 e. The molecule has 1 amide bonds. The molecule has 5 heteroatoms. The highest BCUT2D eigenvalue weighted by Crippen LogP contribution is 2.38. The van der Waals surface area contributed by atoms with Crippen molar-refractivity contribution in [2.45, 2.75) is 37.7 Å². The Kier molecular flexibility index (Phi) is 5.18. The Morgan fingerprint density at radius 2 is 1.79 bits per heavy atom. The molecule has 2 aromatic rings. The van der Waals surface area contributed by atoms with Crippen LogP contribution in [-0.2, 0) is 4.74 Å². The number of amides is 1. The van der Waals surface area contributed by atoms with E-state index in [4.69, 9.17) is 4.74 Å². The van der Waals surface area contributed by atoms with Crippen molar-refractivity contribution in [1.29, 1.82) is 0 Å². The molecule has 154 valence electrons. The van der Waals surface area contributed by atoms with Gasteiger partial charge >= 0.3 is 0 Å². The van der Waals surface area contributed by atoms with Crippen LogP contribution in [-0.4, -0.2) is 65.2 Å². The van der Waals surface area contributed by atoms with Gasteiger partial charge in [-0.3, -0.25) is 4.79 Å². The van der Waals surface area contributed by atoms with Crippen LogP contribution in [0, 0.1) is 5.92 Å². The Labute approximate surface area is 173 Å². The number of piperidine rings is 1. The quantitative estimate of drug-likeness (QED) is 0.797. The van der Waals surface area contributed by atoms with Crippen LogP contribution in [0.4, 0.5) is 0 Å². The Morgan fingerprint density at radius 3 is 2.55 bits per heavy atom. The summed E-state index contributed by atoms with van der Waals surface area (Å²) in [6, 6.07) is 11.9. The van der Waals surface area contributed by atoms with E-state index in [9.17, 15) is 4.79 Å². The van der Waals surface area contributed by atoms with Crippen LogP contribution in [0.5, 0.6) is 0 Å². The summed E-state index contributed by atoms with van der Waals surface area (Å²) in [7, 11) is 0. The van der Waals surface area contributed by atoms with Gasteiger partial charge in [0.15, 0.2) is 0 Å². The Bertz CT molecular complexity index is 826. The number of benzene rings is 1. The summed E-state index contributed by atoms with van der Waals surface area (Å²) in [6.07, 6.45) is 9.92. The average Bonchev–Trinajstić information content (AvgIpc) is 3.51. The SMILES string of the molecule is O=C(c1ccc(-n2cccc2)cc1)N1CCC[C@@]2(C[C@@H](CN3CCCC3)CO2)C1. The molecule has 0 bridgehead atoms. The zero-order chi connectivity index (χ0) is 19.7. The highest BCUT2D eigenvalue weighted by atomic mass is 16.5. The van der Waals surface area contributed by atoms with Gasteiger partial charge in [-0.2, -0.15) is 0 Å². The minimum absolute atomic E-state index is 0.122. The van der Waals surface area contributed by atoms with Gasteiger partial charge in [-0.05, 0) is 87.5 Å². The summed E-state index contributed by atoms with van der Waals surface area (Å²) in [5.41, 5.74) is 1.72. The van der Waals surface area contributed by atoms with Crippen LogP contribution in [0.15, 0.2) is 48.8 Å². The maximum absolute atomic E-state index is 13.2. The third-order valence-corrected chi connectivity index (χ3v) is 6.84. The predicted octanol–water partition coefficient (Wildman–Crippen LogP) is 3.58. The molecule has 3 fully saturated rings. The lowest BCUT2D eigenvalue weighted by Crippen LogP contribution is -2.50. The van der Waals surface area contributed by atoms with Gasteiger partial charge in [0.25, 0.3) is 5.91 Å². The molecular weight excluding hydrogens is 362 g/mol. The lowest BCUT2D eigenvalue weighted by molar-refractivity contribution is -0.0450. The minimum atomic E-state index is -0.122. The van der Waals surface area contributed by atoms with E-state index >= 15 is 0 Å². The fourth-order valence-corrected chi connectivity index (χ4v) is 5.41. The molecule has 5 rings (SSSR count). The summed E-state index contributed by atoms with van der Waals surface area (Å²) in [5.74, 6) is 0.749. The molecule has 5 nitrogen and oxygen atoms in total. The third kappa shape index (κ3) is 3.99. The summed E-state index contributed by atoms with van der Waals surface area (Å²) in [5, 5.41) is 0. The van der Waals surface area contributed by atoms with Crippen LogP contribution in [0.1, 0.15) is 42.5 Å². The number of nitrogens with zero attached hydrogens (tertiary/aromatic N) is 3. The third-order valence-electron chi connectivity index (χ3n) is 6.84. The van der Waals surface area contributed by atoms with Crippen molar-refractivity contribution in [3.05, 3.63) is 54.4 Å². The number of hydrogen-bond acceptors (Lipinski definition) is 3. The normalized spacial score (nSPS) is 27.7. The van der Waals surface area contributed by atoms with E-state index in [-0.39, 0.29) is 11.5 Å². The second-order valence-electron chi connectivity index (χ2n) is 9.04. The molecule has 1 spiro atoms. The number of ether oxygens (including phenoxy) is 1. The van der Waals surface area contributed by atoms with Crippen LogP contribution in [0.25, 0.3) is 5.69 Å². The van der Waals surface area contributed by atoms with E-state index in [0.29, 0.717) is 5.92 Å². The predicted molar refractivity (Wildman–Crippen MR) is 113 cm³/mol. The lowest BCUT2D eigenvalue weighted by atomic mass is 9.86. The van der Waals surface area contributed by atoms with Gasteiger partial charge in [0.05, 0.1) is 12.2 Å². The van der Waals surface area contributed by atoms with Gasteiger partial charge in [-0.15, -0.1) is 0 Å². The maximum Gasteiger partial charge on any atom is 0.253 e. The van der Waals surface area contributed by atoms with Crippen molar-refractivity contribution in [2.24, 2.45) is 5.92 Å². The molecule has 2 atom stereocenters. The first-order valence-electron chi connectivity index (χ1n) is 11.1. The molecular formula is C24H31N3O2. The first kappa shape index (κ1) is 18.9. The van der Waals surface area contributed by atoms with Gasteiger partial charge in [-0.1, -0.05) is 0 Å². The summed E-state index contributed by atoms with van der Waals surface area (Å²) in [4.78, 5) is 17.8. The van der Waals surface area contributed by atoms with Crippen molar-refractivity contribution < 1.29 is 9.53 Å². The monoisotopic (exact) mass is 393 g/mol. The molecule has 0 saturated carbocycles. The van der Waals surface area contributed by atoms with Crippen molar-refractivity contribution in [2.75, 3.05) is 39.3 Å². The number of carbonyl (C=O) groups excluding carboxylic acids is 1. The van der Waals surface area contributed by atoms with Crippen molar-refractivity contribution in [3.63, 3.8) is 0 Å². The van der Waals surface area contributed by atoms with Crippen molar-refractivity contribution >= 4 is 5.91 Å². The van der Waals surface area contributed by atoms with Gasteiger partial charge in [-0.25, -0.2) is 0 Å². The standard InChI is InChI=1S/C24H31N3O2/c28-23(21-6-8-22(9-7-21)26-13-3-4-14-26)27-15-5-10-24(19-27)16-20(18-29-24)17-25-11-1-2-12-25/h3-4,6-9,13-14,20H,1-2,5,10-12,15-19H2/t20-,24+/m0/s1. The molecule has 29 heavy (non-hydrogen) atoms. The van der Waals surface area contributed by atoms with E-state index in [1.54, 1.807) is 0 Å². The number of carbonyl (C=O) groups is 1. The molecule has 0 unspecified atom stereocenters. The van der Waals surface area contributed by atoms with Crippen LogP contribution >= 0.6 is 0 Å². The van der Waals surface area contributed by atoms with Gasteiger partial charge in [0.1, 0.15) is 0 Å². The zero-order valence-corrected chi connectivity index (χ0v) is 17.1. The highest BCUT2D eigenvalue weighted by molar-refractivity contribution is 5.94. The van der Waals surface area contributed by atoms with Crippen LogP contribution in [0.3, 0.4) is 0 Å². The molecule has 1 aromatic heterocycles. The second-order valence-corrected chi connectivity index (χ2v) is 9.04. The van der Waals surface area contributed by atoms with E-state index in [1.165, 1.54) is 25.9 Å². The molecule has 3 aliphatic heterocycles. The first-order chi connectivity index (χ1) is 14.2. The van der Waals surface area contributed by atoms with Gasteiger partial charge in [0.2, 0.25) is 0 Å². The fraction of sp³-hybridized carbons (Fsp3) is 0.542. The van der Waals surface area contributed by atoms with E-state index in [0.717, 1.165) is 56.8 Å². The van der Waals surface area contributed by atoms with E-state index in [1.807, 2.05) is 53.7 Å². The first-order valence-corrected chi connectivity index (χ1v) is 11.1. The minimum Gasteiger partial charge on any atom is -0.373 e. The Hall–Kier alpha value is -2.11. The van der Waals surface area contributed by atoms with Crippen molar-refractivity contribution in [3.8, 4) is 5.69 Å². The number of rotatable bonds is 4. The highest BCUT2D eigenvalue weighted by Gasteiger charge is 2.44. The lowest BCUT2D eigenvalue weighted by Gasteiger charge is -2.40. The number of likely N-dealkylation sites (tertiary alicyclic amines) is 2.